The van der Waals surface area contributed by atoms with Crippen LogP contribution in [0.5, 0.6) is 0 Å². The summed E-state index contributed by atoms with van der Waals surface area (Å²) in [5.41, 5.74) is 0. The molecule has 0 aromatic heterocycles. The number of hydrogen-bond donors (Lipinski definition) is 1. The van der Waals surface area contributed by atoms with Gasteiger partial charge in [-0.05, 0) is 24.8 Å². The quantitative estimate of drug-likeness (QED) is 0.766. The topological polar surface area (TPSA) is 18.5 Å². The van der Waals surface area contributed by atoms with Gasteiger partial charge in [0.15, 0.2) is 0 Å². The van der Waals surface area contributed by atoms with E-state index in [1.807, 2.05) is 0 Å². The second-order valence-electron chi connectivity index (χ2n) is 5.69. The fourth-order valence-corrected chi connectivity index (χ4v) is 2.83. The molecule has 3 heteroatoms. The first kappa shape index (κ1) is 12.3. The highest BCUT2D eigenvalue weighted by atomic mass is 15.2. The average molecular weight is 225 g/mol. The normalized spacial score (nSPS) is 29.1. The van der Waals surface area contributed by atoms with Crippen LogP contribution in [-0.2, 0) is 0 Å². The van der Waals surface area contributed by atoms with E-state index in [2.05, 4.69) is 29.0 Å². The molecule has 2 fully saturated rings. The predicted octanol–water partition coefficient (Wildman–Crippen LogP) is 0.870. The van der Waals surface area contributed by atoms with Crippen LogP contribution < -0.4 is 5.32 Å². The number of nitrogens with zero attached hydrogens (tertiary/aromatic N) is 2. The van der Waals surface area contributed by atoms with E-state index in [4.69, 9.17) is 0 Å². The van der Waals surface area contributed by atoms with Crippen LogP contribution in [-0.4, -0.2) is 62.2 Å². The van der Waals surface area contributed by atoms with Crippen LogP contribution in [0.15, 0.2) is 0 Å². The van der Waals surface area contributed by atoms with Crippen LogP contribution in [0.25, 0.3) is 0 Å². The second kappa shape index (κ2) is 5.99. The van der Waals surface area contributed by atoms with E-state index in [0.29, 0.717) is 0 Å². The zero-order chi connectivity index (χ0) is 11.4. The first-order chi connectivity index (χ1) is 7.75. The third-order valence-corrected chi connectivity index (χ3v) is 4.19. The lowest BCUT2D eigenvalue weighted by Crippen LogP contribution is -2.46. The SMILES string of the molecule is CC(C)C1CCN(CCN2CCNCC2)C1. The summed E-state index contributed by atoms with van der Waals surface area (Å²) >= 11 is 0. The molecule has 0 aromatic rings. The Morgan fingerprint density at radius 1 is 1.06 bits per heavy atom. The monoisotopic (exact) mass is 225 g/mol. The summed E-state index contributed by atoms with van der Waals surface area (Å²) in [7, 11) is 0. The maximum Gasteiger partial charge on any atom is 0.0110 e. The van der Waals surface area contributed by atoms with E-state index in [-0.39, 0.29) is 0 Å². The minimum absolute atomic E-state index is 0.865. The number of nitrogens with one attached hydrogen (secondary N) is 1. The third kappa shape index (κ3) is 3.44. The van der Waals surface area contributed by atoms with Crippen molar-refractivity contribution in [2.75, 3.05) is 52.4 Å². The third-order valence-electron chi connectivity index (χ3n) is 4.19. The molecule has 1 atom stereocenters. The Morgan fingerprint density at radius 2 is 1.75 bits per heavy atom. The molecule has 0 spiro atoms. The van der Waals surface area contributed by atoms with Gasteiger partial charge in [0.25, 0.3) is 0 Å². The van der Waals surface area contributed by atoms with E-state index in [9.17, 15) is 0 Å². The van der Waals surface area contributed by atoms with Crippen molar-refractivity contribution in [2.24, 2.45) is 11.8 Å². The molecule has 2 aliphatic rings. The number of rotatable bonds is 4. The summed E-state index contributed by atoms with van der Waals surface area (Å²) in [5, 5.41) is 3.41. The fourth-order valence-electron chi connectivity index (χ4n) is 2.83. The summed E-state index contributed by atoms with van der Waals surface area (Å²) in [5.74, 6) is 1.81. The molecule has 1 unspecified atom stereocenters. The molecule has 3 nitrogen and oxygen atoms in total. The van der Waals surface area contributed by atoms with E-state index in [1.54, 1.807) is 0 Å². The molecule has 94 valence electrons. The van der Waals surface area contributed by atoms with Crippen LogP contribution in [0.4, 0.5) is 0 Å². The van der Waals surface area contributed by atoms with Crippen molar-refractivity contribution in [3.05, 3.63) is 0 Å². The van der Waals surface area contributed by atoms with Gasteiger partial charge in [0.1, 0.15) is 0 Å². The van der Waals surface area contributed by atoms with E-state index in [0.717, 1.165) is 11.8 Å². The summed E-state index contributed by atoms with van der Waals surface area (Å²) in [6, 6.07) is 0. The van der Waals surface area contributed by atoms with Crippen molar-refractivity contribution < 1.29 is 0 Å². The van der Waals surface area contributed by atoms with Gasteiger partial charge in [-0.3, -0.25) is 4.90 Å². The second-order valence-corrected chi connectivity index (χ2v) is 5.69. The summed E-state index contributed by atoms with van der Waals surface area (Å²) < 4.78 is 0. The Balaban J connectivity index is 1.63. The smallest absolute Gasteiger partial charge is 0.0110 e. The van der Waals surface area contributed by atoms with E-state index < -0.39 is 0 Å². The van der Waals surface area contributed by atoms with Gasteiger partial charge in [-0.25, -0.2) is 0 Å². The molecule has 0 aromatic carbocycles. The number of piperazine rings is 1. The molecule has 16 heavy (non-hydrogen) atoms. The van der Waals surface area contributed by atoms with E-state index in [1.165, 1.54) is 58.8 Å². The van der Waals surface area contributed by atoms with Crippen molar-refractivity contribution in [1.29, 1.82) is 0 Å². The fraction of sp³-hybridized carbons (Fsp3) is 1.00. The summed E-state index contributed by atoms with van der Waals surface area (Å²) in [4.78, 5) is 5.26. The van der Waals surface area contributed by atoms with Crippen LogP contribution in [0, 0.1) is 11.8 Å². The molecule has 2 aliphatic heterocycles. The van der Waals surface area contributed by atoms with Gasteiger partial charge in [-0.1, -0.05) is 13.8 Å². The van der Waals surface area contributed by atoms with Crippen LogP contribution >= 0.6 is 0 Å². The molecule has 0 aliphatic carbocycles. The Labute approximate surface area is 100 Å². The van der Waals surface area contributed by atoms with Crippen LogP contribution in [0.2, 0.25) is 0 Å². The van der Waals surface area contributed by atoms with Crippen LogP contribution in [0.3, 0.4) is 0 Å². The molecule has 0 bridgehead atoms. The first-order valence-electron chi connectivity index (χ1n) is 6.91. The van der Waals surface area contributed by atoms with Gasteiger partial charge >= 0.3 is 0 Å². The summed E-state index contributed by atoms with van der Waals surface area (Å²) in [6.07, 6.45) is 1.42. The van der Waals surface area contributed by atoms with Gasteiger partial charge in [0, 0.05) is 45.8 Å². The van der Waals surface area contributed by atoms with Gasteiger partial charge in [-0.2, -0.15) is 0 Å². The predicted molar refractivity (Wildman–Crippen MR) is 68.7 cm³/mol. The molecule has 2 saturated heterocycles. The highest BCUT2D eigenvalue weighted by Gasteiger charge is 2.24. The Kier molecular flexibility index (Phi) is 4.62. The maximum absolute atomic E-state index is 3.41. The lowest BCUT2D eigenvalue weighted by molar-refractivity contribution is 0.200. The van der Waals surface area contributed by atoms with Crippen molar-refractivity contribution in [1.82, 2.24) is 15.1 Å². The molecular weight excluding hydrogens is 198 g/mol. The lowest BCUT2D eigenvalue weighted by Gasteiger charge is -2.29. The van der Waals surface area contributed by atoms with Gasteiger partial charge in [0.05, 0.1) is 0 Å². The molecular formula is C13H27N3. The Hall–Kier alpha value is -0.120. The Bertz CT molecular complexity index is 199. The zero-order valence-electron chi connectivity index (χ0n) is 10.9. The molecule has 1 N–H and O–H groups in total. The largest absolute Gasteiger partial charge is 0.314 e. The molecule has 2 rings (SSSR count). The van der Waals surface area contributed by atoms with Crippen molar-refractivity contribution in [3.63, 3.8) is 0 Å². The molecule has 2 heterocycles. The standard InChI is InChI=1S/C13H27N3/c1-12(2)13-3-6-16(11-13)10-9-15-7-4-14-5-8-15/h12-14H,3-11H2,1-2H3. The molecule has 0 saturated carbocycles. The highest BCUT2D eigenvalue weighted by Crippen LogP contribution is 2.23. The summed E-state index contributed by atoms with van der Waals surface area (Å²) in [6.45, 7) is 14.8. The van der Waals surface area contributed by atoms with Gasteiger partial charge in [0.2, 0.25) is 0 Å². The molecule has 0 amide bonds. The van der Waals surface area contributed by atoms with Gasteiger partial charge < -0.3 is 10.2 Å². The molecule has 0 radical (unpaired) electrons. The number of likely N-dealkylation sites (tertiary alicyclic amines) is 1. The minimum Gasteiger partial charge on any atom is -0.314 e. The van der Waals surface area contributed by atoms with Crippen molar-refractivity contribution in [3.8, 4) is 0 Å². The number of hydrogen-bond acceptors (Lipinski definition) is 3. The lowest BCUT2D eigenvalue weighted by atomic mass is 9.95. The average Bonchev–Trinajstić information content (AvgIpc) is 2.76. The van der Waals surface area contributed by atoms with Crippen molar-refractivity contribution >= 4 is 0 Å². The van der Waals surface area contributed by atoms with E-state index >= 15 is 0 Å². The Morgan fingerprint density at radius 3 is 2.38 bits per heavy atom. The zero-order valence-corrected chi connectivity index (χ0v) is 10.9. The van der Waals surface area contributed by atoms with Crippen molar-refractivity contribution in [2.45, 2.75) is 20.3 Å². The minimum atomic E-state index is 0.865. The first-order valence-corrected chi connectivity index (χ1v) is 6.91. The maximum atomic E-state index is 3.41. The van der Waals surface area contributed by atoms with Gasteiger partial charge in [-0.15, -0.1) is 0 Å². The highest BCUT2D eigenvalue weighted by molar-refractivity contribution is 4.78. The van der Waals surface area contributed by atoms with Crippen LogP contribution in [0.1, 0.15) is 20.3 Å².